The van der Waals surface area contributed by atoms with Gasteiger partial charge in [0.05, 0.1) is 24.7 Å². The number of para-hydroxylation sites is 1. The van der Waals surface area contributed by atoms with Crippen LogP contribution in [-0.4, -0.2) is 42.4 Å². The second kappa shape index (κ2) is 6.67. The van der Waals surface area contributed by atoms with E-state index in [1.165, 1.54) is 29.7 Å². The van der Waals surface area contributed by atoms with Crippen LogP contribution in [0.15, 0.2) is 48.9 Å². The fourth-order valence-corrected chi connectivity index (χ4v) is 5.18. The van der Waals surface area contributed by atoms with Crippen molar-refractivity contribution in [2.45, 2.75) is 37.9 Å². The summed E-state index contributed by atoms with van der Waals surface area (Å²) in [5.41, 5.74) is 6.68. The van der Waals surface area contributed by atoms with E-state index in [0.717, 1.165) is 35.6 Å². The molecule has 2 unspecified atom stereocenters. The Kier molecular flexibility index (Phi) is 3.92. The highest BCUT2D eigenvalue weighted by atomic mass is 16.5. The molecule has 0 spiro atoms. The van der Waals surface area contributed by atoms with Crippen molar-refractivity contribution in [3.8, 4) is 17.0 Å². The van der Waals surface area contributed by atoms with Crippen LogP contribution in [-0.2, 0) is 20.0 Å². The first-order chi connectivity index (χ1) is 14.7. The molecule has 2 aliphatic heterocycles. The van der Waals surface area contributed by atoms with E-state index in [1.54, 1.807) is 7.11 Å². The van der Waals surface area contributed by atoms with Crippen LogP contribution in [0.25, 0.3) is 16.9 Å². The van der Waals surface area contributed by atoms with E-state index in [0.29, 0.717) is 12.1 Å². The highest BCUT2D eigenvalue weighted by Crippen LogP contribution is 2.44. The highest BCUT2D eigenvalue weighted by Gasteiger charge is 2.41. The van der Waals surface area contributed by atoms with Gasteiger partial charge in [0.25, 0.3) is 0 Å². The van der Waals surface area contributed by atoms with Gasteiger partial charge in [-0.2, -0.15) is 10.2 Å². The minimum atomic E-state index is 0.398. The van der Waals surface area contributed by atoms with Crippen molar-refractivity contribution in [2.24, 2.45) is 7.05 Å². The summed E-state index contributed by atoms with van der Waals surface area (Å²) in [6.07, 6.45) is 9.54. The Morgan fingerprint density at radius 2 is 2.07 bits per heavy atom. The van der Waals surface area contributed by atoms with Gasteiger partial charge in [-0.05, 0) is 25.0 Å². The molecule has 6 rings (SSSR count). The average Bonchev–Trinajstić information content (AvgIpc) is 3.45. The van der Waals surface area contributed by atoms with Crippen molar-refractivity contribution >= 4 is 5.65 Å². The molecule has 2 atom stereocenters. The number of fused-ring (bicyclic) bond motifs is 6. The first-order valence-corrected chi connectivity index (χ1v) is 10.5. The smallest absolute Gasteiger partial charge is 0.155 e. The minimum absolute atomic E-state index is 0.398. The van der Waals surface area contributed by atoms with Crippen molar-refractivity contribution in [3.05, 3.63) is 65.7 Å². The van der Waals surface area contributed by atoms with Crippen LogP contribution in [0.4, 0.5) is 0 Å². The number of methoxy groups -OCH3 is 1. The fraction of sp³-hybridized carbons (Fsp3) is 0.348. The first-order valence-electron chi connectivity index (χ1n) is 10.5. The molecule has 0 N–H and O–H groups in total. The topological polar surface area (TPSA) is 60.5 Å². The van der Waals surface area contributed by atoms with Gasteiger partial charge in [-0.3, -0.25) is 9.58 Å². The summed E-state index contributed by atoms with van der Waals surface area (Å²) in [4.78, 5) is 7.40. The Bertz CT molecular complexity index is 1240. The normalized spacial score (nSPS) is 20.6. The van der Waals surface area contributed by atoms with Crippen LogP contribution in [0.5, 0.6) is 5.75 Å². The maximum Gasteiger partial charge on any atom is 0.155 e. The largest absolute Gasteiger partial charge is 0.496 e. The van der Waals surface area contributed by atoms with E-state index in [9.17, 15) is 0 Å². The van der Waals surface area contributed by atoms with Crippen LogP contribution in [0.3, 0.4) is 0 Å². The Labute approximate surface area is 174 Å². The minimum Gasteiger partial charge on any atom is -0.496 e. The summed E-state index contributed by atoms with van der Waals surface area (Å²) < 4.78 is 9.48. The molecule has 1 saturated heterocycles. The number of aryl methyl sites for hydroxylation is 1. The van der Waals surface area contributed by atoms with Crippen molar-refractivity contribution < 1.29 is 4.74 Å². The van der Waals surface area contributed by atoms with Gasteiger partial charge in [0.2, 0.25) is 0 Å². The van der Waals surface area contributed by atoms with Crippen molar-refractivity contribution in [2.75, 3.05) is 7.11 Å². The maximum absolute atomic E-state index is 5.54. The lowest BCUT2D eigenvalue weighted by Crippen LogP contribution is -2.38. The molecule has 2 aliphatic rings. The third-order valence-electron chi connectivity index (χ3n) is 6.55. The molecular formula is C23H24N6O. The van der Waals surface area contributed by atoms with Crippen LogP contribution >= 0.6 is 0 Å². The Balaban J connectivity index is 1.40. The Hall–Kier alpha value is -3.19. The van der Waals surface area contributed by atoms with Gasteiger partial charge < -0.3 is 4.74 Å². The van der Waals surface area contributed by atoms with Gasteiger partial charge in [-0.15, -0.1) is 0 Å². The molecule has 5 heterocycles. The van der Waals surface area contributed by atoms with Crippen molar-refractivity contribution in [1.82, 2.24) is 29.3 Å². The zero-order chi connectivity index (χ0) is 20.2. The zero-order valence-electron chi connectivity index (χ0n) is 17.2. The third-order valence-corrected chi connectivity index (χ3v) is 6.55. The number of hydrogen-bond donors (Lipinski definition) is 0. The standard InChI is InChI=1S/C23H24N6O/c1-27-13-15(11-25-27)14-28-16-7-8-20(28)18-12-24-23-10-19(26-29(23)21(18)9-16)17-5-3-4-6-22(17)30-2/h3-6,10-13,16,20H,7-9,14H2,1-2H3. The summed E-state index contributed by atoms with van der Waals surface area (Å²) in [5, 5.41) is 9.29. The number of benzene rings is 1. The van der Waals surface area contributed by atoms with E-state index in [4.69, 9.17) is 14.8 Å². The second-order valence-electron chi connectivity index (χ2n) is 8.31. The molecule has 2 bridgehead atoms. The first kappa shape index (κ1) is 17.7. The average molecular weight is 400 g/mol. The van der Waals surface area contributed by atoms with E-state index in [2.05, 4.69) is 33.0 Å². The molecule has 7 nitrogen and oxygen atoms in total. The number of nitrogens with zero attached hydrogens (tertiary/aromatic N) is 6. The lowest BCUT2D eigenvalue weighted by Gasteiger charge is -2.35. The number of aromatic nitrogens is 5. The third kappa shape index (κ3) is 2.65. The summed E-state index contributed by atoms with van der Waals surface area (Å²) in [5.74, 6) is 0.831. The molecule has 0 aliphatic carbocycles. The Morgan fingerprint density at radius 1 is 1.17 bits per heavy atom. The molecule has 0 saturated carbocycles. The maximum atomic E-state index is 5.54. The van der Waals surface area contributed by atoms with Gasteiger partial charge >= 0.3 is 0 Å². The predicted octanol–water partition coefficient (Wildman–Crippen LogP) is 3.40. The highest BCUT2D eigenvalue weighted by molar-refractivity contribution is 5.70. The molecule has 4 aromatic rings. The number of hydrogen-bond acceptors (Lipinski definition) is 5. The summed E-state index contributed by atoms with van der Waals surface area (Å²) in [7, 11) is 3.67. The Morgan fingerprint density at radius 3 is 2.90 bits per heavy atom. The summed E-state index contributed by atoms with van der Waals surface area (Å²) >= 11 is 0. The van der Waals surface area contributed by atoms with Gasteiger partial charge in [-0.25, -0.2) is 9.50 Å². The molecule has 1 aromatic carbocycles. The second-order valence-corrected chi connectivity index (χ2v) is 8.31. The number of ether oxygens (including phenoxy) is 1. The van der Waals surface area contributed by atoms with Gasteiger partial charge in [-0.1, -0.05) is 12.1 Å². The lowest BCUT2D eigenvalue weighted by atomic mass is 9.98. The van der Waals surface area contributed by atoms with Crippen LogP contribution < -0.4 is 4.74 Å². The predicted molar refractivity (Wildman–Crippen MR) is 113 cm³/mol. The summed E-state index contributed by atoms with van der Waals surface area (Å²) in [6.45, 7) is 0.937. The molecule has 1 fully saturated rings. The molecule has 30 heavy (non-hydrogen) atoms. The molecular weight excluding hydrogens is 376 g/mol. The van der Waals surface area contributed by atoms with Crippen LogP contribution in [0.2, 0.25) is 0 Å². The molecule has 0 radical (unpaired) electrons. The van der Waals surface area contributed by atoms with Gasteiger partial charge in [0.1, 0.15) is 5.75 Å². The summed E-state index contributed by atoms with van der Waals surface area (Å²) in [6, 6.07) is 11.0. The molecule has 0 amide bonds. The lowest BCUT2D eigenvalue weighted by molar-refractivity contribution is 0.165. The van der Waals surface area contributed by atoms with E-state index in [1.807, 2.05) is 42.2 Å². The van der Waals surface area contributed by atoms with Gasteiger partial charge in [0, 0.05) is 67.2 Å². The molecule has 3 aromatic heterocycles. The van der Waals surface area contributed by atoms with Crippen LogP contribution in [0, 0.1) is 0 Å². The monoisotopic (exact) mass is 400 g/mol. The van der Waals surface area contributed by atoms with Gasteiger partial charge in [0.15, 0.2) is 5.65 Å². The van der Waals surface area contributed by atoms with E-state index < -0.39 is 0 Å². The van der Waals surface area contributed by atoms with E-state index >= 15 is 0 Å². The van der Waals surface area contributed by atoms with Crippen molar-refractivity contribution in [1.29, 1.82) is 0 Å². The SMILES string of the molecule is COc1ccccc1-c1cc2ncc3c(n2n1)CC1CCC3N1Cc1cnn(C)c1. The number of rotatable bonds is 4. The quantitative estimate of drug-likeness (QED) is 0.525. The van der Waals surface area contributed by atoms with E-state index in [-0.39, 0.29) is 0 Å². The van der Waals surface area contributed by atoms with Crippen LogP contribution in [0.1, 0.15) is 35.7 Å². The van der Waals surface area contributed by atoms with Crippen molar-refractivity contribution in [3.63, 3.8) is 0 Å². The zero-order valence-corrected chi connectivity index (χ0v) is 17.2. The fourth-order valence-electron chi connectivity index (χ4n) is 5.18. The molecule has 7 heteroatoms. The molecule has 152 valence electrons.